The van der Waals surface area contributed by atoms with Crippen LogP contribution in [0.5, 0.6) is 11.5 Å². The molecule has 3 aromatic rings. The van der Waals surface area contributed by atoms with Gasteiger partial charge in [0.2, 0.25) is 5.91 Å². The van der Waals surface area contributed by atoms with Crippen molar-refractivity contribution in [2.45, 2.75) is 39.0 Å². The van der Waals surface area contributed by atoms with Gasteiger partial charge in [-0.1, -0.05) is 49.7 Å². The topological polar surface area (TPSA) is 73.6 Å². The maximum atomic E-state index is 12.4. The molecule has 0 aliphatic carbocycles. The average molecular weight is 421 g/mol. The van der Waals surface area contributed by atoms with Crippen LogP contribution in [0.1, 0.15) is 37.3 Å². The Kier molecular flexibility index (Phi) is 5.98. The van der Waals surface area contributed by atoms with Gasteiger partial charge in [0.1, 0.15) is 13.2 Å². The maximum Gasteiger partial charge on any atom is 0.220 e. The molecule has 0 spiro atoms. The second-order valence-corrected chi connectivity index (χ2v) is 8.50. The Bertz CT molecular complexity index is 1050. The predicted molar refractivity (Wildman–Crippen MR) is 118 cm³/mol. The Morgan fingerprint density at radius 3 is 2.58 bits per heavy atom. The molecular weight excluding hydrogens is 392 g/mol. The Labute approximate surface area is 182 Å². The van der Waals surface area contributed by atoms with E-state index in [1.54, 1.807) is 6.20 Å². The van der Waals surface area contributed by atoms with Crippen molar-refractivity contribution in [2.75, 3.05) is 19.8 Å². The monoisotopic (exact) mass is 420 g/mol. The molecule has 0 unspecified atom stereocenters. The van der Waals surface area contributed by atoms with Gasteiger partial charge in [0.15, 0.2) is 23.1 Å². The molecule has 0 fully saturated rings. The summed E-state index contributed by atoms with van der Waals surface area (Å²) in [5.74, 6) is 2.79. The number of oxazole rings is 1. The van der Waals surface area contributed by atoms with Crippen LogP contribution >= 0.6 is 0 Å². The summed E-state index contributed by atoms with van der Waals surface area (Å²) < 4.78 is 17.1. The lowest BCUT2D eigenvalue weighted by molar-refractivity contribution is -0.121. The normalized spacial score (nSPS) is 13.1. The van der Waals surface area contributed by atoms with Gasteiger partial charge >= 0.3 is 0 Å². The molecule has 0 radical (unpaired) electrons. The number of hydrogen-bond donors (Lipinski definition) is 1. The molecule has 0 atom stereocenters. The van der Waals surface area contributed by atoms with Crippen LogP contribution < -0.4 is 14.8 Å². The van der Waals surface area contributed by atoms with E-state index in [0.29, 0.717) is 38.5 Å². The summed E-state index contributed by atoms with van der Waals surface area (Å²) in [5.41, 5.74) is 3.02. The lowest BCUT2D eigenvalue weighted by Gasteiger charge is -2.27. The fraction of sp³-hybridized carbons (Fsp3) is 0.360. The Morgan fingerprint density at radius 1 is 1.06 bits per heavy atom. The van der Waals surface area contributed by atoms with E-state index in [-0.39, 0.29) is 11.3 Å². The number of amides is 1. The number of hydrogen-bond acceptors (Lipinski definition) is 5. The number of nitrogens with one attached hydrogen (secondary N) is 1. The van der Waals surface area contributed by atoms with Crippen LogP contribution in [0.25, 0.3) is 11.3 Å². The predicted octanol–water partition coefficient (Wildman–Crippen LogP) is 4.45. The van der Waals surface area contributed by atoms with E-state index in [4.69, 9.17) is 13.9 Å². The second-order valence-electron chi connectivity index (χ2n) is 8.50. The number of benzene rings is 2. The third-order valence-electron chi connectivity index (χ3n) is 5.51. The van der Waals surface area contributed by atoms with Crippen molar-refractivity contribution in [3.63, 3.8) is 0 Å². The molecule has 162 valence electrons. The number of carbonyl (C=O) groups is 1. The van der Waals surface area contributed by atoms with Crippen molar-refractivity contribution in [2.24, 2.45) is 0 Å². The van der Waals surface area contributed by atoms with Gasteiger partial charge in [-0.25, -0.2) is 4.98 Å². The van der Waals surface area contributed by atoms with Crippen LogP contribution in [0.3, 0.4) is 0 Å². The molecule has 4 rings (SSSR count). The van der Waals surface area contributed by atoms with E-state index >= 15 is 0 Å². The van der Waals surface area contributed by atoms with Gasteiger partial charge in [-0.05, 0) is 24.6 Å². The molecule has 6 nitrogen and oxygen atoms in total. The number of aromatic nitrogens is 1. The fourth-order valence-corrected chi connectivity index (χ4v) is 3.47. The lowest BCUT2D eigenvalue weighted by atomic mass is 9.84. The van der Waals surface area contributed by atoms with Crippen LogP contribution in [0, 0.1) is 6.92 Å². The van der Waals surface area contributed by atoms with Crippen molar-refractivity contribution < 1.29 is 18.7 Å². The number of fused-ring (bicyclic) bond motifs is 1. The standard InChI is InChI=1S/C25H28N2O4/c1-17-4-6-18(7-5-17)22-15-26-24(31-22)11-10-23(28)27-16-25(2,3)19-8-9-20-21(14-19)30-13-12-29-20/h4-9,14-15H,10-13,16H2,1-3H3,(H,27,28). The van der Waals surface area contributed by atoms with Crippen molar-refractivity contribution in [1.82, 2.24) is 10.3 Å². The Hall–Kier alpha value is -3.28. The molecule has 0 bridgehead atoms. The highest BCUT2D eigenvalue weighted by atomic mass is 16.6. The zero-order chi connectivity index (χ0) is 21.8. The number of aryl methyl sites for hydroxylation is 2. The lowest BCUT2D eigenvalue weighted by Crippen LogP contribution is -2.36. The first-order valence-corrected chi connectivity index (χ1v) is 10.6. The van der Waals surface area contributed by atoms with E-state index in [0.717, 1.165) is 28.4 Å². The van der Waals surface area contributed by atoms with E-state index in [9.17, 15) is 4.79 Å². The van der Waals surface area contributed by atoms with Crippen molar-refractivity contribution in [3.8, 4) is 22.8 Å². The van der Waals surface area contributed by atoms with Crippen LogP contribution in [-0.2, 0) is 16.6 Å². The fourth-order valence-electron chi connectivity index (χ4n) is 3.47. The SMILES string of the molecule is Cc1ccc(-c2cnc(CCC(=O)NCC(C)(C)c3ccc4c(c3)OCCO4)o2)cc1. The molecule has 2 heterocycles. The highest BCUT2D eigenvalue weighted by Crippen LogP contribution is 2.35. The van der Waals surface area contributed by atoms with Crippen LogP contribution in [-0.4, -0.2) is 30.6 Å². The van der Waals surface area contributed by atoms with Crippen molar-refractivity contribution in [3.05, 3.63) is 65.7 Å². The van der Waals surface area contributed by atoms with Gasteiger partial charge in [-0.2, -0.15) is 0 Å². The summed E-state index contributed by atoms with van der Waals surface area (Å²) in [5, 5.41) is 3.04. The van der Waals surface area contributed by atoms with Gasteiger partial charge in [-0.3, -0.25) is 4.79 Å². The smallest absolute Gasteiger partial charge is 0.220 e. The minimum absolute atomic E-state index is 0.0271. The minimum atomic E-state index is -0.243. The molecule has 1 aliphatic heterocycles. The van der Waals surface area contributed by atoms with E-state index in [2.05, 4.69) is 24.1 Å². The van der Waals surface area contributed by atoms with Crippen molar-refractivity contribution >= 4 is 5.91 Å². The second kappa shape index (κ2) is 8.84. The largest absolute Gasteiger partial charge is 0.486 e. The molecule has 1 aliphatic rings. The highest BCUT2D eigenvalue weighted by Gasteiger charge is 2.24. The molecular formula is C25H28N2O4. The summed E-state index contributed by atoms with van der Waals surface area (Å²) in [6, 6.07) is 14.0. The van der Waals surface area contributed by atoms with Gasteiger partial charge in [0, 0.05) is 30.4 Å². The first-order chi connectivity index (χ1) is 14.9. The molecule has 6 heteroatoms. The molecule has 31 heavy (non-hydrogen) atoms. The summed E-state index contributed by atoms with van der Waals surface area (Å²) in [4.78, 5) is 16.7. The zero-order valence-corrected chi connectivity index (χ0v) is 18.2. The first kappa shape index (κ1) is 21.0. The minimum Gasteiger partial charge on any atom is -0.486 e. The Morgan fingerprint density at radius 2 is 1.81 bits per heavy atom. The van der Waals surface area contributed by atoms with Crippen molar-refractivity contribution in [1.29, 1.82) is 0 Å². The Balaban J connectivity index is 1.29. The number of rotatable bonds is 7. The maximum absolute atomic E-state index is 12.4. The number of ether oxygens (including phenoxy) is 2. The highest BCUT2D eigenvalue weighted by molar-refractivity contribution is 5.76. The average Bonchev–Trinajstić information content (AvgIpc) is 3.25. The van der Waals surface area contributed by atoms with Crippen LogP contribution in [0.2, 0.25) is 0 Å². The quantitative estimate of drug-likeness (QED) is 0.611. The summed E-state index contributed by atoms with van der Waals surface area (Å²) >= 11 is 0. The van der Waals surface area contributed by atoms with E-state index in [1.807, 2.05) is 49.4 Å². The molecule has 1 aromatic heterocycles. The third kappa shape index (κ3) is 5.08. The molecule has 0 saturated heterocycles. The van der Waals surface area contributed by atoms with Gasteiger partial charge in [0.25, 0.3) is 0 Å². The third-order valence-corrected chi connectivity index (χ3v) is 5.51. The van der Waals surface area contributed by atoms with Crippen LogP contribution in [0.15, 0.2) is 53.1 Å². The molecule has 0 saturated carbocycles. The van der Waals surface area contributed by atoms with Crippen LogP contribution in [0.4, 0.5) is 0 Å². The summed E-state index contributed by atoms with van der Waals surface area (Å²) in [7, 11) is 0. The first-order valence-electron chi connectivity index (χ1n) is 10.6. The molecule has 2 aromatic carbocycles. The zero-order valence-electron chi connectivity index (χ0n) is 18.2. The number of nitrogens with zero attached hydrogens (tertiary/aromatic N) is 1. The molecule has 1 amide bonds. The van der Waals surface area contributed by atoms with Gasteiger partial charge in [0.05, 0.1) is 6.20 Å². The summed E-state index contributed by atoms with van der Waals surface area (Å²) in [6.45, 7) is 7.89. The number of carbonyl (C=O) groups excluding carboxylic acids is 1. The van der Waals surface area contributed by atoms with E-state index in [1.165, 1.54) is 5.56 Å². The van der Waals surface area contributed by atoms with Gasteiger partial charge < -0.3 is 19.2 Å². The van der Waals surface area contributed by atoms with Gasteiger partial charge in [-0.15, -0.1) is 0 Å². The molecule has 1 N–H and O–H groups in total. The van der Waals surface area contributed by atoms with E-state index < -0.39 is 0 Å². The summed E-state index contributed by atoms with van der Waals surface area (Å²) in [6.07, 6.45) is 2.50.